The zero-order chi connectivity index (χ0) is 25.7. The number of quaternary nitrogens is 1. The van der Waals surface area contributed by atoms with Crippen molar-refractivity contribution in [3.05, 3.63) is 47.7 Å². The van der Waals surface area contributed by atoms with Crippen LogP contribution in [0.3, 0.4) is 0 Å². The first-order valence-corrected chi connectivity index (χ1v) is 14.1. The highest BCUT2D eigenvalue weighted by Crippen LogP contribution is 2.60. The summed E-state index contributed by atoms with van der Waals surface area (Å²) < 4.78 is 9.81. The lowest BCUT2D eigenvalue weighted by atomic mass is 9.55. The molecule has 2 fully saturated rings. The van der Waals surface area contributed by atoms with E-state index in [-0.39, 0.29) is 11.5 Å². The van der Waals surface area contributed by atoms with Gasteiger partial charge in [0.25, 0.3) is 0 Å². The summed E-state index contributed by atoms with van der Waals surface area (Å²) in [5.74, 6) is 3.89. The number of benzene rings is 1. The average molecular weight is 494 g/mol. The number of rotatable bonds is 7. The number of ether oxygens (including phenoxy) is 1. The van der Waals surface area contributed by atoms with Crippen molar-refractivity contribution in [2.75, 3.05) is 46.7 Å². The molecule has 5 heteroatoms. The third kappa shape index (κ3) is 4.89. The van der Waals surface area contributed by atoms with Crippen molar-refractivity contribution >= 4 is 5.69 Å². The first-order valence-electron chi connectivity index (χ1n) is 14.1. The molecule has 3 aliphatic rings. The summed E-state index contributed by atoms with van der Waals surface area (Å²) in [6.45, 7) is 4.43. The Morgan fingerprint density at radius 3 is 2.64 bits per heavy atom. The smallest absolute Gasteiger partial charge is 0.375 e. The van der Waals surface area contributed by atoms with Crippen molar-refractivity contribution in [3.63, 3.8) is 0 Å². The molecule has 1 heterocycles. The molecule has 196 valence electrons. The van der Waals surface area contributed by atoms with E-state index in [2.05, 4.69) is 88.2 Å². The molecule has 0 radical (unpaired) electrons. The summed E-state index contributed by atoms with van der Waals surface area (Å²) in [6.07, 6.45) is 10.1. The van der Waals surface area contributed by atoms with Crippen LogP contribution < -0.4 is 14.2 Å². The molecule has 0 saturated heterocycles. The third-order valence-electron chi connectivity index (χ3n) is 9.59. The fourth-order valence-electron chi connectivity index (χ4n) is 7.48. The van der Waals surface area contributed by atoms with Crippen LogP contribution in [-0.2, 0) is 13.0 Å². The van der Waals surface area contributed by atoms with Crippen molar-refractivity contribution in [2.45, 2.75) is 70.4 Å². The van der Waals surface area contributed by atoms with E-state index in [1.807, 2.05) is 0 Å². The number of anilines is 1. The zero-order valence-corrected chi connectivity index (χ0v) is 23.3. The molecular weight excluding hydrogens is 446 g/mol. The van der Waals surface area contributed by atoms with Crippen LogP contribution in [0.2, 0.25) is 0 Å². The maximum atomic E-state index is 10.7. The number of nitrogens with zero attached hydrogens (tertiary/aromatic N) is 3. The predicted molar refractivity (Wildman–Crippen MR) is 146 cm³/mol. The van der Waals surface area contributed by atoms with Gasteiger partial charge in [-0.2, -0.15) is 4.57 Å². The Hall–Kier alpha value is -2.11. The lowest BCUT2D eigenvalue weighted by Crippen LogP contribution is -2.43. The molecule has 5 rings (SSSR count). The van der Waals surface area contributed by atoms with Crippen LogP contribution in [0.4, 0.5) is 5.69 Å². The summed E-state index contributed by atoms with van der Waals surface area (Å²) in [5.41, 5.74) is 4.30. The van der Waals surface area contributed by atoms with E-state index in [4.69, 9.17) is 4.74 Å². The highest BCUT2D eigenvalue weighted by Gasteiger charge is 2.54. The Morgan fingerprint density at radius 1 is 1.08 bits per heavy atom. The number of hydrogen-bond donors (Lipinski definition) is 1. The normalized spacial score (nSPS) is 29.3. The Labute approximate surface area is 218 Å². The van der Waals surface area contributed by atoms with Crippen molar-refractivity contribution in [1.29, 1.82) is 0 Å². The number of aliphatic hydroxyl groups excluding tert-OH is 1. The molecule has 2 saturated carbocycles. The van der Waals surface area contributed by atoms with Gasteiger partial charge in [-0.1, -0.05) is 13.0 Å². The first-order chi connectivity index (χ1) is 17.0. The molecular formula is C31H47N3O2+2. The molecule has 36 heavy (non-hydrogen) atoms. The van der Waals surface area contributed by atoms with Gasteiger partial charge in [-0.25, -0.2) is 0 Å². The molecule has 0 spiro atoms. The lowest BCUT2D eigenvalue weighted by molar-refractivity contribution is -0.873. The number of pyridine rings is 1. The average Bonchev–Trinajstić information content (AvgIpc) is 3.13. The summed E-state index contributed by atoms with van der Waals surface area (Å²) in [5, 5.41) is 10.7. The van der Waals surface area contributed by atoms with Crippen LogP contribution in [-0.4, -0.2) is 57.5 Å². The van der Waals surface area contributed by atoms with Crippen LogP contribution in [0.15, 0.2) is 36.5 Å². The van der Waals surface area contributed by atoms with Gasteiger partial charge in [0.2, 0.25) is 0 Å². The summed E-state index contributed by atoms with van der Waals surface area (Å²) >= 11 is 0. The third-order valence-corrected chi connectivity index (χ3v) is 9.59. The molecule has 0 amide bonds. The van der Waals surface area contributed by atoms with Crippen molar-refractivity contribution in [1.82, 2.24) is 0 Å². The standard InChI is InChI=1S/C31H47N3O2/c1-31-16-14-26-25-11-9-24(20-22(25)8-10-27(26)28(31)12-13-29(31)35)36-30-21-23(32(2)3)15-18-33(30)17-7-19-34(4,5)6/h9,11,15,18,20-21,26-29,35H,7-8,10,12-14,16-17,19H2,1-6H3/q+2/t26-,27-,28+,29+,31+/m1/s1. The van der Waals surface area contributed by atoms with E-state index in [1.54, 1.807) is 5.56 Å². The predicted octanol–water partition coefficient (Wildman–Crippen LogP) is 5.15. The van der Waals surface area contributed by atoms with E-state index in [0.717, 1.165) is 66.5 Å². The molecule has 0 unspecified atom stereocenters. The molecule has 1 N–H and O–H groups in total. The number of aryl methyl sites for hydroxylation is 2. The molecule has 2 aromatic rings. The summed E-state index contributed by atoms with van der Waals surface area (Å²) in [4.78, 5) is 2.13. The quantitative estimate of drug-likeness (QED) is 0.428. The van der Waals surface area contributed by atoms with Crippen LogP contribution in [0.5, 0.6) is 11.6 Å². The number of fused-ring (bicyclic) bond motifs is 5. The minimum atomic E-state index is -0.104. The van der Waals surface area contributed by atoms with Gasteiger partial charge in [-0.15, -0.1) is 0 Å². The van der Waals surface area contributed by atoms with Crippen LogP contribution in [0, 0.1) is 17.3 Å². The topological polar surface area (TPSA) is 36.6 Å². The molecule has 0 aliphatic heterocycles. The van der Waals surface area contributed by atoms with Crippen molar-refractivity contribution in [3.8, 4) is 11.6 Å². The second-order valence-electron chi connectivity index (χ2n) is 13.2. The van der Waals surface area contributed by atoms with E-state index in [9.17, 15) is 5.11 Å². The maximum Gasteiger partial charge on any atom is 0.375 e. The molecule has 5 atom stereocenters. The van der Waals surface area contributed by atoms with Crippen molar-refractivity contribution < 1.29 is 18.9 Å². The summed E-state index contributed by atoms with van der Waals surface area (Å²) in [7, 11) is 10.9. The Kier molecular flexibility index (Phi) is 6.84. The van der Waals surface area contributed by atoms with Gasteiger partial charge in [0.15, 0.2) is 12.7 Å². The number of aliphatic hydroxyl groups is 1. The van der Waals surface area contributed by atoms with Crippen LogP contribution in [0.1, 0.15) is 62.5 Å². The molecule has 1 aromatic carbocycles. The molecule has 1 aromatic heterocycles. The van der Waals surface area contributed by atoms with Crippen LogP contribution >= 0.6 is 0 Å². The highest BCUT2D eigenvalue weighted by molar-refractivity contribution is 5.46. The maximum absolute atomic E-state index is 10.7. The largest absolute Gasteiger partial charge is 0.405 e. The Morgan fingerprint density at radius 2 is 1.89 bits per heavy atom. The second kappa shape index (κ2) is 9.64. The van der Waals surface area contributed by atoms with Gasteiger partial charge in [0, 0.05) is 20.2 Å². The zero-order valence-electron chi connectivity index (χ0n) is 23.3. The summed E-state index contributed by atoms with van der Waals surface area (Å²) in [6, 6.07) is 11.2. The minimum absolute atomic E-state index is 0.104. The molecule has 3 aliphatic carbocycles. The number of hydrogen-bond acceptors (Lipinski definition) is 3. The highest BCUT2D eigenvalue weighted by atomic mass is 16.5. The lowest BCUT2D eigenvalue weighted by Gasteiger charge is -2.50. The fourth-order valence-corrected chi connectivity index (χ4v) is 7.48. The Balaban J connectivity index is 1.36. The fraction of sp³-hybridized carbons (Fsp3) is 0.645. The number of aromatic nitrogens is 1. The molecule has 0 bridgehead atoms. The van der Waals surface area contributed by atoms with E-state index >= 15 is 0 Å². The van der Waals surface area contributed by atoms with E-state index in [1.165, 1.54) is 24.8 Å². The van der Waals surface area contributed by atoms with Crippen LogP contribution in [0.25, 0.3) is 0 Å². The van der Waals surface area contributed by atoms with E-state index in [0.29, 0.717) is 11.8 Å². The van der Waals surface area contributed by atoms with Gasteiger partial charge >= 0.3 is 5.88 Å². The van der Waals surface area contributed by atoms with Gasteiger partial charge in [0.1, 0.15) is 5.75 Å². The Bertz CT molecular complexity index is 1090. The van der Waals surface area contributed by atoms with E-state index < -0.39 is 0 Å². The van der Waals surface area contributed by atoms with Crippen molar-refractivity contribution in [2.24, 2.45) is 17.3 Å². The van der Waals surface area contributed by atoms with Gasteiger partial charge in [-0.05, 0) is 85.0 Å². The SMILES string of the molecule is CN(C)c1cc[n+](CCC[N+](C)(C)C)c(Oc2ccc3c(c2)CC[C@@H]2[C@@H]3CC[C@]3(C)[C@@H](O)CC[C@@H]23)c1. The monoisotopic (exact) mass is 493 g/mol. The van der Waals surface area contributed by atoms with Gasteiger partial charge in [-0.3, -0.25) is 0 Å². The second-order valence-corrected chi connectivity index (χ2v) is 13.2. The van der Waals surface area contributed by atoms with Gasteiger partial charge in [0.05, 0.1) is 52.0 Å². The minimum Gasteiger partial charge on any atom is -0.405 e. The first kappa shape index (κ1) is 25.5. The van der Waals surface area contributed by atoms with Gasteiger partial charge < -0.3 is 19.2 Å². The molecule has 5 nitrogen and oxygen atoms in total.